The van der Waals surface area contributed by atoms with Crippen LogP contribution in [0.4, 0.5) is 0 Å². The van der Waals surface area contributed by atoms with E-state index in [0.717, 1.165) is 37.0 Å². The molecule has 3 rings (SSSR count). The summed E-state index contributed by atoms with van der Waals surface area (Å²) >= 11 is 0. The number of likely N-dealkylation sites (N-methyl/N-ethyl adjacent to an activating group) is 1. The summed E-state index contributed by atoms with van der Waals surface area (Å²) in [7, 11) is 2.23. The molecule has 0 saturated carbocycles. The Labute approximate surface area is 165 Å². The first-order chi connectivity index (χ1) is 13.0. The van der Waals surface area contributed by atoms with Crippen molar-refractivity contribution in [1.29, 1.82) is 0 Å². The van der Waals surface area contributed by atoms with Crippen LogP contribution in [0, 0.1) is 23.7 Å². The molecule has 0 spiro atoms. The van der Waals surface area contributed by atoms with Crippen LogP contribution in [-0.2, 0) is 12.8 Å². The largest absolute Gasteiger partial charge is 0.425 e. The molecule has 5 nitrogen and oxygen atoms in total. The van der Waals surface area contributed by atoms with E-state index in [0.29, 0.717) is 17.8 Å². The van der Waals surface area contributed by atoms with Crippen LogP contribution in [0.5, 0.6) is 0 Å². The Hall–Kier alpha value is -1.20. The highest BCUT2D eigenvalue weighted by Gasteiger charge is 2.33. The second-order valence-electron chi connectivity index (χ2n) is 9.06. The molecular formula is C22H38N4O. The topological polar surface area (TPSA) is 45.4 Å². The van der Waals surface area contributed by atoms with E-state index in [1.807, 2.05) is 0 Å². The van der Waals surface area contributed by atoms with Crippen molar-refractivity contribution in [3.8, 4) is 0 Å². The number of allylic oxidation sites excluding steroid dienone is 1. The summed E-state index contributed by atoms with van der Waals surface area (Å²) in [5.74, 6) is 4.25. The van der Waals surface area contributed by atoms with Gasteiger partial charge in [-0.3, -0.25) is 0 Å². The summed E-state index contributed by atoms with van der Waals surface area (Å²) in [4.78, 5) is 5.10. The van der Waals surface area contributed by atoms with Gasteiger partial charge in [0.05, 0.1) is 0 Å². The molecule has 1 saturated heterocycles. The zero-order valence-corrected chi connectivity index (χ0v) is 17.9. The zero-order chi connectivity index (χ0) is 19.4. The van der Waals surface area contributed by atoms with Crippen LogP contribution in [0.3, 0.4) is 0 Å². The molecule has 0 amide bonds. The molecule has 1 aliphatic heterocycles. The molecule has 0 bridgehead atoms. The molecule has 1 fully saturated rings. The lowest BCUT2D eigenvalue weighted by atomic mass is 9.69. The van der Waals surface area contributed by atoms with Crippen molar-refractivity contribution in [2.75, 3.05) is 39.8 Å². The number of rotatable bonds is 7. The van der Waals surface area contributed by atoms with Gasteiger partial charge < -0.3 is 14.2 Å². The molecule has 5 heteroatoms. The maximum Gasteiger partial charge on any atom is 0.217 e. The van der Waals surface area contributed by atoms with Crippen molar-refractivity contribution in [3.05, 3.63) is 23.4 Å². The second kappa shape index (κ2) is 9.33. The minimum absolute atomic E-state index is 0.538. The summed E-state index contributed by atoms with van der Waals surface area (Å²) in [6.45, 7) is 15.2. The molecular weight excluding hydrogens is 336 g/mol. The Morgan fingerprint density at radius 3 is 2.52 bits per heavy atom. The van der Waals surface area contributed by atoms with Crippen molar-refractivity contribution in [2.24, 2.45) is 23.7 Å². The molecule has 3 atom stereocenters. The minimum atomic E-state index is 0.538. The quantitative estimate of drug-likeness (QED) is 0.682. The lowest BCUT2D eigenvalue weighted by molar-refractivity contribution is 0.112. The highest BCUT2D eigenvalue weighted by Crippen LogP contribution is 2.39. The number of aryl methyl sites for hydroxylation is 1. The molecule has 0 N–H and O–H groups in total. The van der Waals surface area contributed by atoms with E-state index in [2.05, 4.69) is 60.8 Å². The zero-order valence-electron chi connectivity index (χ0n) is 17.9. The molecule has 2 aliphatic rings. The Balaban J connectivity index is 1.65. The van der Waals surface area contributed by atoms with Gasteiger partial charge in [0, 0.05) is 45.6 Å². The second-order valence-corrected chi connectivity index (χ2v) is 9.06. The third-order valence-corrected chi connectivity index (χ3v) is 6.54. The van der Waals surface area contributed by atoms with Crippen LogP contribution in [0.2, 0.25) is 0 Å². The van der Waals surface area contributed by atoms with Crippen LogP contribution < -0.4 is 0 Å². The molecule has 1 aromatic rings. The Bertz CT molecular complexity index is 616. The molecule has 0 aromatic carbocycles. The lowest BCUT2D eigenvalue weighted by Crippen LogP contribution is -2.47. The summed E-state index contributed by atoms with van der Waals surface area (Å²) in [5, 5.41) is 8.50. The van der Waals surface area contributed by atoms with E-state index in [1.165, 1.54) is 44.7 Å². The van der Waals surface area contributed by atoms with E-state index in [4.69, 9.17) is 4.42 Å². The molecule has 1 aliphatic carbocycles. The fourth-order valence-corrected chi connectivity index (χ4v) is 4.71. The van der Waals surface area contributed by atoms with Gasteiger partial charge in [-0.05, 0) is 50.5 Å². The van der Waals surface area contributed by atoms with Crippen LogP contribution in [0.1, 0.15) is 52.3 Å². The SMILES string of the molecule is CCCc1nnc(C[C@H]2C[C@@H](C(C)C)[C@H](CN3CCN(C)CC3)C=C2C)o1. The standard InChI is InChI=1S/C22H38N4O/c1-6-7-21-23-24-22(27-21)14-18-13-20(16(2)3)19(12-17(18)4)15-26-10-8-25(5)9-11-26/h12,16,18-20H,6-11,13-15H2,1-5H3/t18-,19+,20+/m1/s1. The maximum atomic E-state index is 5.87. The molecule has 2 heterocycles. The van der Waals surface area contributed by atoms with Gasteiger partial charge >= 0.3 is 0 Å². The first kappa shape index (κ1) is 20.5. The highest BCUT2D eigenvalue weighted by molar-refractivity contribution is 5.14. The van der Waals surface area contributed by atoms with Gasteiger partial charge in [-0.25, -0.2) is 0 Å². The summed E-state index contributed by atoms with van der Waals surface area (Å²) < 4.78 is 5.87. The smallest absolute Gasteiger partial charge is 0.217 e. The van der Waals surface area contributed by atoms with E-state index in [9.17, 15) is 0 Å². The van der Waals surface area contributed by atoms with Crippen molar-refractivity contribution < 1.29 is 4.42 Å². The van der Waals surface area contributed by atoms with Crippen LogP contribution in [0.25, 0.3) is 0 Å². The summed E-state index contributed by atoms with van der Waals surface area (Å²) in [6.07, 6.45) is 6.63. The van der Waals surface area contributed by atoms with Crippen LogP contribution in [-0.4, -0.2) is 59.8 Å². The van der Waals surface area contributed by atoms with Gasteiger partial charge in [-0.1, -0.05) is 32.4 Å². The third-order valence-electron chi connectivity index (χ3n) is 6.54. The monoisotopic (exact) mass is 374 g/mol. The number of piperazine rings is 1. The number of aromatic nitrogens is 2. The molecule has 1 aromatic heterocycles. The average Bonchev–Trinajstić information content (AvgIpc) is 3.06. The number of hydrogen-bond donors (Lipinski definition) is 0. The molecule has 0 unspecified atom stereocenters. The maximum absolute atomic E-state index is 5.87. The molecule has 152 valence electrons. The Morgan fingerprint density at radius 2 is 1.85 bits per heavy atom. The molecule has 0 radical (unpaired) electrons. The van der Waals surface area contributed by atoms with Gasteiger partial charge in [-0.15, -0.1) is 10.2 Å². The van der Waals surface area contributed by atoms with Gasteiger partial charge in [0.2, 0.25) is 11.8 Å². The lowest BCUT2D eigenvalue weighted by Gasteiger charge is -2.41. The average molecular weight is 375 g/mol. The summed E-state index contributed by atoms with van der Waals surface area (Å²) in [5.41, 5.74) is 1.52. The third kappa shape index (κ3) is 5.41. The minimum Gasteiger partial charge on any atom is -0.425 e. The van der Waals surface area contributed by atoms with E-state index < -0.39 is 0 Å². The number of hydrogen-bond acceptors (Lipinski definition) is 5. The fourth-order valence-electron chi connectivity index (χ4n) is 4.71. The first-order valence-electron chi connectivity index (χ1n) is 10.9. The van der Waals surface area contributed by atoms with Crippen molar-refractivity contribution in [1.82, 2.24) is 20.0 Å². The highest BCUT2D eigenvalue weighted by atomic mass is 16.4. The predicted molar refractivity (Wildman–Crippen MR) is 110 cm³/mol. The molecule has 27 heavy (non-hydrogen) atoms. The normalized spacial score (nSPS) is 27.9. The van der Waals surface area contributed by atoms with Gasteiger partial charge in [0.25, 0.3) is 0 Å². The van der Waals surface area contributed by atoms with Crippen LogP contribution in [0.15, 0.2) is 16.1 Å². The van der Waals surface area contributed by atoms with Crippen molar-refractivity contribution in [3.63, 3.8) is 0 Å². The fraction of sp³-hybridized carbons (Fsp3) is 0.818. The van der Waals surface area contributed by atoms with Gasteiger partial charge in [0.1, 0.15) is 0 Å². The Kier molecular flexibility index (Phi) is 7.10. The van der Waals surface area contributed by atoms with Gasteiger partial charge in [0.15, 0.2) is 0 Å². The predicted octanol–water partition coefficient (Wildman–Crippen LogP) is 3.67. The van der Waals surface area contributed by atoms with E-state index in [1.54, 1.807) is 0 Å². The van der Waals surface area contributed by atoms with Crippen LogP contribution >= 0.6 is 0 Å². The van der Waals surface area contributed by atoms with Crippen molar-refractivity contribution >= 4 is 0 Å². The number of nitrogens with zero attached hydrogens (tertiary/aromatic N) is 4. The Morgan fingerprint density at radius 1 is 1.15 bits per heavy atom. The summed E-state index contributed by atoms with van der Waals surface area (Å²) in [6, 6.07) is 0. The van der Waals surface area contributed by atoms with E-state index >= 15 is 0 Å². The van der Waals surface area contributed by atoms with Gasteiger partial charge in [-0.2, -0.15) is 0 Å². The van der Waals surface area contributed by atoms with E-state index in [-0.39, 0.29) is 0 Å². The first-order valence-corrected chi connectivity index (χ1v) is 10.9. The van der Waals surface area contributed by atoms with Crippen molar-refractivity contribution in [2.45, 2.75) is 53.4 Å².